The van der Waals surface area contributed by atoms with Gasteiger partial charge in [0.05, 0.1) is 25.4 Å². The Kier molecular flexibility index (Phi) is 5.76. The smallest absolute Gasteiger partial charge is 0.322 e. The predicted octanol–water partition coefficient (Wildman–Crippen LogP) is 3.34. The summed E-state index contributed by atoms with van der Waals surface area (Å²) in [5, 5.41) is 12.2. The van der Waals surface area contributed by atoms with Gasteiger partial charge in [-0.25, -0.2) is 9.18 Å². The Balaban J connectivity index is 2.15. The number of ether oxygens (including phenoxy) is 1. The molecule has 0 radical (unpaired) electrons. The molecule has 1 unspecified atom stereocenters. The number of aliphatic hydroxyl groups excluding tert-OH is 1. The van der Waals surface area contributed by atoms with Crippen molar-refractivity contribution < 1.29 is 19.0 Å². The zero-order chi connectivity index (χ0) is 17.7. The number of anilines is 1. The van der Waals surface area contributed by atoms with E-state index in [2.05, 4.69) is 5.32 Å². The monoisotopic (exact) mass is 332 g/mol. The molecule has 0 aliphatic carbocycles. The van der Waals surface area contributed by atoms with Crippen molar-refractivity contribution >= 4 is 11.7 Å². The van der Waals surface area contributed by atoms with Gasteiger partial charge >= 0.3 is 6.03 Å². The van der Waals surface area contributed by atoms with Crippen LogP contribution < -0.4 is 10.1 Å². The number of rotatable bonds is 5. The Bertz CT molecular complexity index is 704. The quantitative estimate of drug-likeness (QED) is 0.883. The first-order valence-electron chi connectivity index (χ1n) is 7.51. The third-order valence-electron chi connectivity index (χ3n) is 3.82. The van der Waals surface area contributed by atoms with Crippen molar-refractivity contribution in [3.05, 3.63) is 59.4 Å². The third-order valence-corrected chi connectivity index (χ3v) is 3.82. The molecule has 24 heavy (non-hydrogen) atoms. The number of benzene rings is 2. The average Bonchev–Trinajstić information content (AvgIpc) is 2.59. The molecule has 0 aliphatic heterocycles. The molecule has 0 bridgehead atoms. The van der Waals surface area contributed by atoms with Crippen LogP contribution in [-0.4, -0.2) is 36.8 Å². The van der Waals surface area contributed by atoms with E-state index in [0.717, 1.165) is 11.1 Å². The van der Waals surface area contributed by atoms with Gasteiger partial charge in [-0.15, -0.1) is 0 Å². The minimum absolute atomic E-state index is 0.110. The lowest BCUT2D eigenvalue weighted by molar-refractivity contribution is 0.158. The fraction of sp³-hybridized carbons (Fsp3) is 0.278. The van der Waals surface area contributed by atoms with E-state index in [1.54, 1.807) is 50.6 Å². The number of carbonyl (C=O) groups excluding carboxylic acids is 1. The summed E-state index contributed by atoms with van der Waals surface area (Å²) in [6, 6.07) is 10.5. The van der Waals surface area contributed by atoms with E-state index in [1.807, 2.05) is 6.92 Å². The van der Waals surface area contributed by atoms with Crippen LogP contribution in [0.15, 0.2) is 42.5 Å². The van der Waals surface area contributed by atoms with Crippen LogP contribution in [0.4, 0.5) is 14.9 Å². The number of carbonyl (C=O) groups is 1. The fourth-order valence-corrected chi connectivity index (χ4v) is 2.36. The van der Waals surface area contributed by atoms with Gasteiger partial charge in [0.2, 0.25) is 0 Å². The topological polar surface area (TPSA) is 61.8 Å². The Morgan fingerprint density at radius 2 is 1.96 bits per heavy atom. The molecule has 0 aliphatic rings. The second-order valence-electron chi connectivity index (χ2n) is 5.50. The number of urea groups is 1. The standard InChI is InChI=1S/C18H21FN2O3/c1-12-4-9-15(19)16(10-12)20-18(23)21(2)17(11-22)13-5-7-14(24-3)8-6-13/h4-10,17,22H,11H2,1-3H3,(H,20,23). The lowest BCUT2D eigenvalue weighted by atomic mass is 10.1. The van der Waals surface area contributed by atoms with Crippen molar-refractivity contribution in [3.63, 3.8) is 0 Å². The highest BCUT2D eigenvalue weighted by Crippen LogP contribution is 2.23. The van der Waals surface area contributed by atoms with Gasteiger partial charge in [-0.1, -0.05) is 18.2 Å². The molecule has 2 N–H and O–H groups in total. The summed E-state index contributed by atoms with van der Waals surface area (Å²) in [6.45, 7) is 1.55. The molecule has 1 atom stereocenters. The average molecular weight is 332 g/mol. The molecule has 2 amide bonds. The number of hydrogen-bond donors (Lipinski definition) is 2. The number of aryl methyl sites for hydroxylation is 1. The fourth-order valence-electron chi connectivity index (χ4n) is 2.36. The van der Waals surface area contributed by atoms with Gasteiger partial charge in [0, 0.05) is 7.05 Å². The van der Waals surface area contributed by atoms with Crippen LogP contribution in [0.2, 0.25) is 0 Å². The summed E-state index contributed by atoms with van der Waals surface area (Å²) in [5.74, 6) is 0.178. The molecule has 0 saturated carbocycles. The van der Waals surface area contributed by atoms with Crippen molar-refractivity contribution in [2.45, 2.75) is 13.0 Å². The zero-order valence-corrected chi connectivity index (χ0v) is 13.9. The first-order valence-corrected chi connectivity index (χ1v) is 7.51. The highest BCUT2D eigenvalue weighted by atomic mass is 19.1. The van der Waals surface area contributed by atoms with Crippen molar-refractivity contribution in [2.24, 2.45) is 0 Å². The Labute approximate surface area is 140 Å². The van der Waals surface area contributed by atoms with Crippen LogP contribution in [0.25, 0.3) is 0 Å². The molecule has 0 heterocycles. The molecular weight excluding hydrogens is 311 g/mol. The van der Waals surface area contributed by atoms with Crippen LogP contribution >= 0.6 is 0 Å². The van der Waals surface area contributed by atoms with Gasteiger partial charge in [0.1, 0.15) is 11.6 Å². The van der Waals surface area contributed by atoms with E-state index in [-0.39, 0.29) is 12.3 Å². The van der Waals surface area contributed by atoms with Gasteiger partial charge in [-0.2, -0.15) is 0 Å². The summed E-state index contributed by atoms with van der Waals surface area (Å²) >= 11 is 0. The van der Waals surface area contributed by atoms with E-state index in [9.17, 15) is 14.3 Å². The first kappa shape index (κ1) is 17.7. The SMILES string of the molecule is COc1ccc(C(CO)N(C)C(=O)Nc2cc(C)ccc2F)cc1. The van der Waals surface area contributed by atoms with Crippen molar-refractivity contribution in [2.75, 3.05) is 26.1 Å². The molecule has 2 aromatic rings. The number of amides is 2. The lowest BCUT2D eigenvalue weighted by Gasteiger charge is -2.27. The van der Waals surface area contributed by atoms with E-state index in [1.165, 1.54) is 11.0 Å². The van der Waals surface area contributed by atoms with E-state index >= 15 is 0 Å². The lowest BCUT2D eigenvalue weighted by Crippen LogP contribution is -2.36. The summed E-state index contributed by atoms with van der Waals surface area (Å²) < 4.78 is 18.9. The highest BCUT2D eigenvalue weighted by molar-refractivity contribution is 5.89. The summed E-state index contributed by atoms with van der Waals surface area (Å²) in [4.78, 5) is 13.7. The molecule has 0 spiro atoms. The number of halogens is 1. The van der Waals surface area contributed by atoms with Crippen LogP contribution in [0.1, 0.15) is 17.2 Å². The molecule has 5 nitrogen and oxygen atoms in total. The molecule has 2 rings (SSSR count). The van der Waals surface area contributed by atoms with Crippen molar-refractivity contribution in [1.82, 2.24) is 4.90 Å². The number of nitrogens with one attached hydrogen (secondary N) is 1. The molecular formula is C18H21FN2O3. The Morgan fingerprint density at radius 3 is 2.54 bits per heavy atom. The first-order chi connectivity index (χ1) is 11.5. The van der Waals surface area contributed by atoms with Crippen LogP contribution in [0.5, 0.6) is 5.75 Å². The number of nitrogens with zero attached hydrogens (tertiary/aromatic N) is 1. The maximum atomic E-state index is 13.8. The molecule has 2 aromatic carbocycles. The second-order valence-corrected chi connectivity index (χ2v) is 5.50. The minimum atomic E-state index is -0.552. The van der Waals surface area contributed by atoms with E-state index in [0.29, 0.717) is 5.75 Å². The molecule has 0 fully saturated rings. The van der Waals surface area contributed by atoms with Gasteiger partial charge in [-0.05, 0) is 42.3 Å². The normalized spacial score (nSPS) is 11.7. The highest BCUT2D eigenvalue weighted by Gasteiger charge is 2.22. The second kappa shape index (κ2) is 7.79. The van der Waals surface area contributed by atoms with Crippen molar-refractivity contribution in [3.8, 4) is 5.75 Å². The number of hydrogen-bond acceptors (Lipinski definition) is 3. The maximum absolute atomic E-state index is 13.8. The summed E-state index contributed by atoms with van der Waals surface area (Å²) in [6.07, 6.45) is 0. The van der Waals surface area contributed by atoms with Crippen LogP contribution in [-0.2, 0) is 0 Å². The minimum Gasteiger partial charge on any atom is -0.497 e. The van der Waals surface area contributed by atoms with E-state index < -0.39 is 17.9 Å². The molecule has 0 saturated heterocycles. The molecule has 128 valence electrons. The Morgan fingerprint density at radius 1 is 1.29 bits per heavy atom. The largest absolute Gasteiger partial charge is 0.497 e. The predicted molar refractivity (Wildman–Crippen MR) is 90.7 cm³/mol. The van der Waals surface area contributed by atoms with Crippen LogP contribution in [0, 0.1) is 12.7 Å². The van der Waals surface area contributed by atoms with Gasteiger partial charge in [-0.3, -0.25) is 0 Å². The number of aliphatic hydroxyl groups is 1. The van der Waals surface area contributed by atoms with Crippen LogP contribution in [0.3, 0.4) is 0 Å². The molecule has 0 aromatic heterocycles. The van der Waals surface area contributed by atoms with Crippen molar-refractivity contribution in [1.29, 1.82) is 0 Å². The summed E-state index contributed by atoms with van der Waals surface area (Å²) in [7, 11) is 3.11. The molecule has 6 heteroatoms. The van der Waals surface area contributed by atoms with Gasteiger partial charge < -0.3 is 20.1 Å². The van der Waals surface area contributed by atoms with Gasteiger partial charge in [0.25, 0.3) is 0 Å². The third kappa shape index (κ3) is 4.02. The van der Waals surface area contributed by atoms with Gasteiger partial charge in [0.15, 0.2) is 0 Å². The van der Waals surface area contributed by atoms with E-state index in [4.69, 9.17) is 4.74 Å². The zero-order valence-electron chi connectivity index (χ0n) is 13.9. The number of methoxy groups -OCH3 is 1. The Hall–Kier alpha value is -2.60. The summed E-state index contributed by atoms with van der Waals surface area (Å²) in [5.41, 5.74) is 1.70. The number of likely N-dealkylation sites (N-methyl/N-ethyl adjacent to an activating group) is 1. The maximum Gasteiger partial charge on any atom is 0.322 e.